The summed E-state index contributed by atoms with van der Waals surface area (Å²) in [4.78, 5) is 11.8. The first kappa shape index (κ1) is 14.0. The third kappa shape index (κ3) is 3.53. The highest BCUT2D eigenvalue weighted by molar-refractivity contribution is 9.10. The molecule has 1 aliphatic carbocycles. The molecule has 1 aromatic rings. The molecular weight excluding hydrogens is 339 g/mol. The summed E-state index contributed by atoms with van der Waals surface area (Å²) in [7, 11) is 0. The molecule has 0 spiro atoms. The number of rotatable bonds is 2. The Bertz CT molecular complexity index is 438. The van der Waals surface area contributed by atoms with Crippen LogP contribution < -0.4 is 10.6 Å². The Morgan fingerprint density at radius 3 is 2.33 bits per heavy atom. The number of halogens is 3. The van der Waals surface area contributed by atoms with E-state index in [0.29, 0.717) is 15.7 Å². The molecule has 6 heteroatoms. The van der Waals surface area contributed by atoms with E-state index >= 15 is 0 Å². The number of urea groups is 1. The number of carbonyl (C=O) groups excluding carboxylic acids is 1. The van der Waals surface area contributed by atoms with Crippen molar-refractivity contribution in [1.82, 2.24) is 5.32 Å². The molecule has 0 aliphatic heterocycles. The maximum Gasteiger partial charge on any atom is 0.319 e. The van der Waals surface area contributed by atoms with Gasteiger partial charge in [-0.25, -0.2) is 4.79 Å². The van der Waals surface area contributed by atoms with E-state index in [2.05, 4.69) is 26.6 Å². The van der Waals surface area contributed by atoms with Gasteiger partial charge < -0.3 is 10.6 Å². The van der Waals surface area contributed by atoms with Crippen LogP contribution in [-0.4, -0.2) is 12.1 Å². The Labute approximate surface area is 124 Å². The third-order valence-electron chi connectivity index (χ3n) is 2.94. The zero-order valence-electron chi connectivity index (χ0n) is 9.60. The second-order valence-corrected chi connectivity index (χ2v) is 6.05. The summed E-state index contributed by atoms with van der Waals surface area (Å²) in [5.74, 6) is 0. The molecule has 0 heterocycles. The van der Waals surface area contributed by atoms with Crippen LogP contribution in [-0.2, 0) is 0 Å². The van der Waals surface area contributed by atoms with Crippen molar-refractivity contribution in [2.75, 3.05) is 5.32 Å². The van der Waals surface area contributed by atoms with E-state index in [0.717, 1.165) is 17.3 Å². The molecule has 18 heavy (non-hydrogen) atoms. The number of anilines is 1. The van der Waals surface area contributed by atoms with Crippen molar-refractivity contribution >= 4 is 50.9 Å². The van der Waals surface area contributed by atoms with Crippen molar-refractivity contribution in [2.45, 2.75) is 31.7 Å². The van der Waals surface area contributed by atoms with Crippen molar-refractivity contribution in [2.24, 2.45) is 0 Å². The highest BCUT2D eigenvalue weighted by Gasteiger charge is 2.18. The number of nitrogens with one attached hydrogen (secondary N) is 2. The number of hydrogen-bond donors (Lipinski definition) is 2. The molecule has 0 aromatic heterocycles. The molecule has 0 saturated heterocycles. The highest BCUT2D eigenvalue weighted by atomic mass is 79.9. The van der Waals surface area contributed by atoms with Crippen molar-refractivity contribution in [3.63, 3.8) is 0 Å². The summed E-state index contributed by atoms with van der Waals surface area (Å²) in [5, 5.41) is 6.44. The van der Waals surface area contributed by atoms with Crippen LogP contribution in [0.25, 0.3) is 0 Å². The maximum atomic E-state index is 11.8. The van der Waals surface area contributed by atoms with Crippen molar-refractivity contribution < 1.29 is 4.79 Å². The highest BCUT2D eigenvalue weighted by Crippen LogP contribution is 2.33. The van der Waals surface area contributed by atoms with Gasteiger partial charge in [0.2, 0.25) is 0 Å². The monoisotopic (exact) mass is 350 g/mol. The van der Waals surface area contributed by atoms with Crippen LogP contribution in [0, 0.1) is 0 Å². The molecule has 0 unspecified atom stereocenters. The second-order valence-electron chi connectivity index (χ2n) is 4.32. The zero-order valence-corrected chi connectivity index (χ0v) is 12.7. The van der Waals surface area contributed by atoms with Gasteiger partial charge in [0, 0.05) is 10.5 Å². The molecule has 98 valence electrons. The van der Waals surface area contributed by atoms with Gasteiger partial charge in [0.25, 0.3) is 0 Å². The summed E-state index contributed by atoms with van der Waals surface area (Å²) in [5.41, 5.74) is 0.442. The molecule has 1 saturated carbocycles. The van der Waals surface area contributed by atoms with Crippen LogP contribution in [0.15, 0.2) is 16.6 Å². The van der Waals surface area contributed by atoms with Crippen molar-refractivity contribution in [1.29, 1.82) is 0 Å². The van der Waals surface area contributed by atoms with Gasteiger partial charge in [-0.15, -0.1) is 0 Å². The van der Waals surface area contributed by atoms with Crippen LogP contribution in [0.1, 0.15) is 25.7 Å². The summed E-state index contributed by atoms with van der Waals surface area (Å²) < 4.78 is 0.777. The Balaban J connectivity index is 2.02. The SMILES string of the molecule is O=C(Nc1c(Cl)cc(Br)cc1Cl)NC1CCCC1. The maximum absolute atomic E-state index is 11.8. The standard InChI is InChI=1S/C12H13BrCl2N2O/c13-7-5-9(14)11(10(15)6-7)17-12(18)16-8-3-1-2-4-8/h5-6,8H,1-4H2,(H2,16,17,18). The van der Waals surface area contributed by atoms with Crippen LogP contribution in [0.4, 0.5) is 10.5 Å². The van der Waals surface area contributed by atoms with Crippen LogP contribution >= 0.6 is 39.1 Å². The van der Waals surface area contributed by atoms with E-state index in [1.54, 1.807) is 12.1 Å². The first-order valence-corrected chi connectivity index (χ1v) is 7.33. The second kappa shape index (κ2) is 6.13. The molecule has 0 radical (unpaired) electrons. The lowest BCUT2D eigenvalue weighted by atomic mass is 10.2. The number of benzene rings is 1. The van der Waals surface area contributed by atoms with E-state index in [9.17, 15) is 4.79 Å². The van der Waals surface area contributed by atoms with Gasteiger partial charge in [0.15, 0.2) is 0 Å². The molecule has 2 amide bonds. The minimum Gasteiger partial charge on any atom is -0.335 e. The molecule has 2 N–H and O–H groups in total. The number of hydrogen-bond acceptors (Lipinski definition) is 1. The molecule has 3 nitrogen and oxygen atoms in total. The van der Waals surface area contributed by atoms with E-state index in [1.165, 1.54) is 12.8 Å². The minimum absolute atomic E-state index is 0.256. The first-order chi connectivity index (χ1) is 8.56. The Morgan fingerprint density at radius 2 is 1.78 bits per heavy atom. The van der Waals surface area contributed by atoms with Gasteiger partial charge in [0.1, 0.15) is 0 Å². The molecule has 1 aromatic carbocycles. The molecule has 1 fully saturated rings. The minimum atomic E-state index is -0.256. The van der Waals surface area contributed by atoms with Crippen LogP contribution in [0.2, 0.25) is 10.0 Å². The quantitative estimate of drug-likeness (QED) is 0.787. The third-order valence-corrected chi connectivity index (χ3v) is 3.99. The largest absolute Gasteiger partial charge is 0.335 e. The van der Waals surface area contributed by atoms with E-state index in [4.69, 9.17) is 23.2 Å². The fraction of sp³-hybridized carbons (Fsp3) is 0.417. The lowest BCUT2D eigenvalue weighted by molar-refractivity contribution is 0.248. The summed E-state index contributed by atoms with van der Waals surface area (Å²) in [6, 6.07) is 3.39. The fourth-order valence-corrected chi connectivity index (χ4v) is 3.37. The van der Waals surface area contributed by atoms with E-state index in [-0.39, 0.29) is 12.1 Å². The predicted octanol–water partition coefficient (Wildman–Crippen LogP) is 4.82. The zero-order chi connectivity index (χ0) is 13.1. The average Bonchev–Trinajstić information content (AvgIpc) is 2.76. The fourth-order valence-electron chi connectivity index (χ4n) is 2.07. The lowest BCUT2D eigenvalue weighted by Gasteiger charge is -2.14. The van der Waals surface area contributed by atoms with E-state index < -0.39 is 0 Å². The van der Waals surface area contributed by atoms with Gasteiger partial charge in [-0.2, -0.15) is 0 Å². The normalized spacial score (nSPS) is 15.7. The molecule has 0 atom stereocenters. The summed E-state index contributed by atoms with van der Waals surface area (Å²) in [6.45, 7) is 0. The van der Waals surface area contributed by atoms with Gasteiger partial charge in [0.05, 0.1) is 15.7 Å². The first-order valence-electron chi connectivity index (χ1n) is 5.78. The Morgan fingerprint density at radius 1 is 1.22 bits per heavy atom. The Kier molecular flexibility index (Phi) is 4.76. The number of carbonyl (C=O) groups is 1. The smallest absolute Gasteiger partial charge is 0.319 e. The lowest BCUT2D eigenvalue weighted by Crippen LogP contribution is -2.36. The molecule has 0 bridgehead atoms. The van der Waals surface area contributed by atoms with Gasteiger partial charge in [-0.05, 0) is 25.0 Å². The number of amides is 2. The Hall–Kier alpha value is -0.450. The van der Waals surface area contributed by atoms with Crippen LogP contribution in [0.5, 0.6) is 0 Å². The molecular formula is C12H13BrCl2N2O. The molecule has 1 aliphatic rings. The average molecular weight is 352 g/mol. The van der Waals surface area contributed by atoms with Gasteiger partial charge in [-0.3, -0.25) is 0 Å². The summed E-state index contributed by atoms with van der Waals surface area (Å²) >= 11 is 15.4. The van der Waals surface area contributed by atoms with Crippen LogP contribution in [0.3, 0.4) is 0 Å². The van der Waals surface area contributed by atoms with Crippen molar-refractivity contribution in [3.05, 3.63) is 26.7 Å². The van der Waals surface area contributed by atoms with Crippen molar-refractivity contribution in [3.8, 4) is 0 Å². The molecule has 2 rings (SSSR count). The summed E-state index contributed by atoms with van der Waals surface area (Å²) in [6.07, 6.45) is 4.42. The van der Waals surface area contributed by atoms with Gasteiger partial charge in [-0.1, -0.05) is 52.0 Å². The topological polar surface area (TPSA) is 41.1 Å². The predicted molar refractivity (Wildman–Crippen MR) is 78.6 cm³/mol. The van der Waals surface area contributed by atoms with Gasteiger partial charge >= 0.3 is 6.03 Å². The van der Waals surface area contributed by atoms with E-state index in [1.807, 2.05) is 0 Å².